The van der Waals surface area contributed by atoms with Crippen LogP contribution in [0, 0.1) is 5.82 Å². The highest BCUT2D eigenvalue weighted by Crippen LogP contribution is 2.30. The van der Waals surface area contributed by atoms with Crippen molar-refractivity contribution in [3.63, 3.8) is 0 Å². The standard InChI is InChI=1S/C28H28Cl2FN9O2/c29-15-9-16(30)11-20(10-15)37-28(42)36-19-5-3-18(4-6-19)35-25-12-23(34-17-1-2-17)26-33-14-24(40(26)39-25)27(41)38-22-7-8-32-13-21(22)31/h7-14,17-19,34H,1-6H2,(H,35,39)(H,32,38,41)(H2,36,37,42)/t18-,19-. The van der Waals surface area contributed by atoms with Crippen LogP contribution in [0.15, 0.2) is 48.9 Å². The first-order chi connectivity index (χ1) is 20.3. The van der Waals surface area contributed by atoms with Crippen LogP contribution in [-0.4, -0.2) is 49.6 Å². The summed E-state index contributed by atoms with van der Waals surface area (Å²) in [5.74, 6) is -0.596. The number of anilines is 4. The van der Waals surface area contributed by atoms with E-state index in [0.717, 1.165) is 50.4 Å². The van der Waals surface area contributed by atoms with E-state index in [0.29, 0.717) is 33.2 Å². The van der Waals surface area contributed by atoms with Crippen LogP contribution in [0.3, 0.4) is 0 Å². The average Bonchev–Trinajstić information content (AvgIpc) is 3.65. The Balaban J connectivity index is 1.12. The van der Waals surface area contributed by atoms with E-state index in [-0.39, 0.29) is 29.5 Å². The van der Waals surface area contributed by atoms with Crippen LogP contribution in [0.1, 0.15) is 49.0 Å². The Hall–Kier alpha value is -4.16. The number of carbonyl (C=O) groups excluding carboxylic acids is 2. The molecule has 2 fully saturated rings. The molecule has 0 radical (unpaired) electrons. The van der Waals surface area contributed by atoms with Gasteiger partial charge in [0.1, 0.15) is 5.82 Å². The Kier molecular flexibility index (Phi) is 7.98. The molecule has 0 aliphatic heterocycles. The number of hydrogen-bond donors (Lipinski definition) is 5. The lowest BCUT2D eigenvalue weighted by Crippen LogP contribution is -2.42. The SMILES string of the molecule is O=C(Nc1cc(Cl)cc(Cl)c1)N[C@H]1CC[C@H](Nc2cc(NC3CC3)c3ncc(C(=O)Nc4ccncc4F)n3n2)CC1. The lowest BCUT2D eigenvalue weighted by Gasteiger charge is -2.30. The second-order valence-corrected chi connectivity index (χ2v) is 11.4. The quantitative estimate of drug-likeness (QED) is 0.166. The third-order valence-corrected chi connectivity index (χ3v) is 7.63. The van der Waals surface area contributed by atoms with Gasteiger partial charge in [-0.3, -0.25) is 9.78 Å². The average molecular weight is 612 g/mol. The Bertz CT molecular complexity index is 1620. The number of urea groups is 1. The molecule has 42 heavy (non-hydrogen) atoms. The number of hydrogen-bond acceptors (Lipinski definition) is 7. The van der Waals surface area contributed by atoms with E-state index in [1.54, 1.807) is 18.2 Å². The summed E-state index contributed by atoms with van der Waals surface area (Å²) < 4.78 is 15.6. The summed E-state index contributed by atoms with van der Waals surface area (Å²) in [6.45, 7) is 0. The first-order valence-electron chi connectivity index (χ1n) is 13.7. The zero-order valence-electron chi connectivity index (χ0n) is 22.3. The van der Waals surface area contributed by atoms with Gasteiger partial charge in [-0.25, -0.2) is 18.7 Å². The highest BCUT2D eigenvalue weighted by Gasteiger charge is 2.26. The summed E-state index contributed by atoms with van der Waals surface area (Å²) in [5, 5.41) is 20.9. The van der Waals surface area contributed by atoms with E-state index < -0.39 is 11.7 Å². The van der Waals surface area contributed by atoms with Crippen LogP contribution in [0.2, 0.25) is 10.0 Å². The lowest BCUT2D eigenvalue weighted by molar-refractivity contribution is 0.102. The second-order valence-electron chi connectivity index (χ2n) is 10.5. The molecule has 3 amide bonds. The molecule has 0 atom stereocenters. The van der Waals surface area contributed by atoms with E-state index in [4.69, 9.17) is 23.2 Å². The molecule has 0 unspecified atom stereocenters. The van der Waals surface area contributed by atoms with Gasteiger partial charge in [-0.1, -0.05) is 23.2 Å². The van der Waals surface area contributed by atoms with Crippen LogP contribution >= 0.6 is 23.2 Å². The predicted molar refractivity (Wildman–Crippen MR) is 160 cm³/mol. The van der Waals surface area contributed by atoms with Crippen molar-refractivity contribution in [3.8, 4) is 0 Å². The van der Waals surface area contributed by atoms with Crippen molar-refractivity contribution < 1.29 is 14.0 Å². The zero-order valence-corrected chi connectivity index (χ0v) is 23.8. The molecule has 2 saturated carbocycles. The minimum atomic E-state index is -0.637. The van der Waals surface area contributed by atoms with Gasteiger partial charge in [0.25, 0.3) is 5.91 Å². The Morgan fingerprint density at radius 3 is 2.26 bits per heavy atom. The van der Waals surface area contributed by atoms with Gasteiger partial charge >= 0.3 is 6.03 Å². The number of amides is 3. The topological polar surface area (TPSA) is 137 Å². The minimum absolute atomic E-state index is 0.0118. The number of nitrogens with one attached hydrogen (secondary N) is 5. The maximum atomic E-state index is 14.1. The number of halogens is 3. The van der Waals surface area contributed by atoms with E-state index in [9.17, 15) is 14.0 Å². The van der Waals surface area contributed by atoms with Gasteiger partial charge < -0.3 is 26.6 Å². The number of fused-ring (bicyclic) bond motifs is 1. The molecule has 218 valence electrons. The van der Waals surface area contributed by atoms with Gasteiger partial charge in [-0.15, -0.1) is 5.10 Å². The summed E-state index contributed by atoms with van der Waals surface area (Å²) in [6, 6.07) is 8.32. The van der Waals surface area contributed by atoms with E-state index in [1.165, 1.54) is 23.0 Å². The largest absolute Gasteiger partial charge is 0.379 e. The van der Waals surface area contributed by atoms with Crippen molar-refractivity contribution in [2.24, 2.45) is 0 Å². The molecule has 5 N–H and O–H groups in total. The molecule has 11 nitrogen and oxygen atoms in total. The first-order valence-corrected chi connectivity index (χ1v) is 14.4. The molecule has 14 heteroatoms. The lowest BCUT2D eigenvalue weighted by atomic mass is 9.91. The van der Waals surface area contributed by atoms with Crippen LogP contribution in [-0.2, 0) is 0 Å². The van der Waals surface area contributed by atoms with Gasteiger partial charge in [-0.05, 0) is 62.8 Å². The van der Waals surface area contributed by atoms with Crippen LogP contribution in [0.25, 0.3) is 5.65 Å². The fraction of sp³-hybridized carbons (Fsp3) is 0.321. The molecule has 1 aromatic carbocycles. The fourth-order valence-electron chi connectivity index (χ4n) is 4.98. The molecule has 2 aliphatic carbocycles. The second kappa shape index (κ2) is 12.0. The minimum Gasteiger partial charge on any atom is -0.379 e. The monoisotopic (exact) mass is 611 g/mol. The number of nitrogens with zero attached hydrogens (tertiary/aromatic N) is 4. The molecule has 6 rings (SSSR count). The highest BCUT2D eigenvalue weighted by atomic mass is 35.5. The molecule has 0 spiro atoms. The summed E-state index contributed by atoms with van der Waals surface area (Å²) in [6.07, 6.45) is 9.13. The number of aromatic nitrogens is 4. The van der Waals surface area contributed by atoms with Crippen molar-refractivity contribution >= 4 is 63.7 Å². The normalized spacial score (nSPS) is 18.4. The summed E-state index contributed by atoms with van der Waals surface area (Å²) >= 11 is 12.0. The van der Waals surface area contributed by atoms with Crippen molar-refractivity contribution in [2.45, 2.75) is 56.7 Å². The van der Waals surface area contributed by atoms with Gasteiger partial charge in [-0.2, -0.15) is 0 Å². The molecule has 0 bridgehead atoms. The van der Waals surface area contributed by atoms with Crippen LogP contribution < -0.4 is 26.6 Å². The van der Waals surface area contributed by atoms with Crippen molar-refractivity contribution in [1.29, 1.82) is 0 Å². The number of imidazole rings is 1. The Labute approximate surface area is 250 Å². The van der Waals surface area contributed by atoms with E-state index in [2.05, 4.69) is 41.7 Å². The van der Waals surface area contributed by atoms with E-state index in [1.807, 2.05) is 6.07 Å². The third kappa shape index (κ3) is 6.66. The zero-order chi connectivity index (χ0) is 29.2. The number of pyridine rings is 1. The fourth-order valence-corrected chi connectivity index (χ4v) is 5.51. The van der Waals surface area contributed by atoms with Crippen molar-refractivity contribution in [2.75, 3.05) is 21.3 Å². The Morgan fingerprint density at radius 1 is 0.857 bits per heavy atom. The third-order valence-electron chi connectivity index (χ3n) is 7.19. The summed E-state index contributed by atoms with van der Waals surface area (Å²) in [5.41, 5.74) is 1.98. The highest BCUT2D eigenvalue weighted by molar-refractivity contribution is 6.35. The van der Waals surface area contributed by atoms with Crippen molar-refractivity contribution in [1.82, 2.24) is 24.9 Å². The molecular weight excluding hydrogens is 584 g/mol. The van der Waals surface area contributed by atoms with Gasteiger partial charge in [0, 0.05) is 46.1 Å². The number of benzene rings is 1. The molecule has 0 saturated heterocycles. The maximum Gasteiger partial charge on any atom is 0.319 e. The molecule has 4 aromatic rings. The van der Waals surface area contributed by atoms with Gasteiger partial charge in [0.15, 0.2) is 17.2 Å². The van der Waals surface area contributed by atoms with E-state index >= 15 is 0 Å². The molecule has 3 heterocycles. The smallest absolute Gasteiger partial charge is 0.319 e. The predicted octanol–water partition coefficient (Wildman–Crippen LogP) is 5.94. The molecule has 3 aromatic heterocycles. The number of rotatable bonds is 8. The van der Waals surface area contributed by atoms with Crippen LogP contribution in [0.5, 0.6) is 0 Å². The summed E-state index contributed by atoms with van der Waals surface area (Å²) in [7, 11) is 0. The van der Waals surface area contributed by atoms with Crippen LogP contribution in [0.4, 0.5) is 32.1 Å². The maximum absolute atomic E-state index is 14.1. The Morgan fingerprint density at radius 2 is 1.55 bits per heavy atom. The molecule has 2 aliphatic rings. The van der Waals surface area contributed by atoms with Gasteiger partial charge in [0.05, 0.1) is 23.8 Å². The van der Waals surface area contributed by atoms with Gasteiger partial charge in [0.2, 0.25) is 0 Å². The first kappa shape index (κ1) is 28.0. The molecular formula is C28H28Cl2FN9O2. The number of carbonyl (C=O) groups is 2. The summed E-state index contributed by atoms with van der Waals surface area (Å²) in [4.78, 5) is 33.7. The van der Waals surface area contributed by atoms with Crippen molar-refractivity contribution in [3.05, 3.63) is 70.5 Å².